The van der Waals surface area contributed by atoms with Gasteiger partial charge in [-0.3, -0.25) is 0 Å². The van der Waals surface area contributed by atoms with Gasteiger partial charge >= 0.3 is 0 Å². The molecule has 20 heavy (non-hydrogen) atoms. The van der Waals surface area contributed by atoms with Crippen LogP contribution in [0, 0.1) is 0 Å². The van der Waals surface area contributed by atoms with Crippen LogP contribution in [0.15, 0.2) is 4.52 Å². The van der Waals surface area contributed by atoms with Gasteiger partial charge in [-0.15, -0.1) is 0 Å². The molecule has 114 valence electrons. The molecular formula is C13H23N3O3S. The molecule has 1 fully saturated rings. The highest BCUT2D eigenvalue weighted by Crippen LogP contribution is 2.29. The van der Waals surface area contributed by atoms with Crippen LogP contribution in [0.1, 0.15) is 57.2 Å². The van der Waals surface area contributed by atoms with Crippen LogP contribution < -0.4 is 5.32 Å². The van der Waals surface area contributed by atoms with E-state index in [9.17, 15) is 8.42 Å². The Morgan fingerprint density at radius 1 is 1.45 bits per heavy atom. The third-order valence-electron chi connectivity index (χ3n) is 3.94. The average Bonchev–Trinajstić information content (AvgIpc) is 2.97. The van der Waals surface area contributed by atoms with Gasteiger partial charge in [0.2, 0.25) is 5.89 Å². The second-order valence-corrected chi connectivity index (χ2v) is 7.68. The number of aromatic nitrogens is 2. The molecule has 0 bridgehead atoms. The second-order valence-electron chi connectivity index (χ2n) is 5.45. The Kier molecular flexibility index (Phi) is 4.80. The van der Waals surface area contributed by atoms with E-state index in [0.29, 0.717) is 18.1 Å². The molecule has 1 aliphatic rings. The van der Waals surface area contributed by atoms with E-state index < -0.39 is 9.84 Å². The standard InChI is InChI=1S/C13H23N3O3S/c1-4-11(9(3)14-5-2)13-15-12(16-19-13)10-6-7-20(17,18)8-10/h9-11,14H,4-8H2,1-3H3. The number of nitrogens with zero attached hydrogens (tertiary/aromatic N) is 2. The Morgan fingerprint density at radius 3 is 2.75 bits per heavy atom. The van der Waals surface area contributed by atoms with Crippen molar-refractivity contribution in [2.24, 2.45) is 0 Å². The molecule has 0 aliphatic carbocycles. The van der Waals surface area contributed by atoms with Crippen LogP contribution in [-0.2, 0) is 9.84 Å². The summed E-state index contributed by atoms with van der Waals surface area (Å²) >= 11 is 0. The summed E-state index contributed by atoms with van der Waals surface area (Å²) in [6.45, 7) is 7.13. The van der Waals surface area contributed by atoms with Crippen LogP contribution in [0.25, 0.3) is 0 Å². The maximum Gasteiger partial charge on any atom is 0.231 e. The Balaban J connectivity index is 2.11. The van der Waals surface area contributed by atoms with Crippen molar-refractivity contribution in [3.8, 4) is 0 Å². The molecule has 0 spiro atoms. The Hall–Kier alpha value is -0.950. The Morgan fingerprint density at radius 2 is 2.20 bits per heavy atom. The quantitative estimate of drug-likeness (QED) is 0.856. The van der Waals surface area contributed by atoms with Gasteiger partial charge in [-0.05, 0) is 26.3 Å². The normalized spacial score (nSPS) is 24.6. The van der Waals surface area contributed by atoms with Gasteiger partial charge in [0.05, 0.1) is 17.4 Å². The van der Waals surface area contributed by atoms with Crippen LogP contribution in [0.3, 0.4) is 0 Å². The minimum atomic E-state index is -2.92. The predicted octanol–water partition coefficient (Wildman–Crippen LogP) is 1.46. The van der Waals surface area contributed by atoms with Gasteiger partial charge in [0, 0.05) is 12.0 Å². The van der Waals surface area contributed by atoms with Crippen LogP contribution in [0.4, 0.5) is 0 Å². The van der Waals surface area contributed by atoms with E-state index >= 15 is 0 Å². The van der Waals surface area contributed by atoms with Gasteiger partial charge in [-0.1, -0.05) is 19.0 Å². The molecule has 1 aromatic heterocycles. The van der Waals surface area contributed by atoms with Crippen LogP contribution in [0.2, 0.25) is 0 Å². The van der Waals surface area contributed by atoms with Gasteiger partial charge in [0.25, 0.3) is 0 Å². The lowest BCUT2D eigenvalue weighted by Gasteiger charge is -2.19. The summed E-state index contributed by atoms with van der Waals surface area (Å²) in [6, 6.07) is 0.255. The van der Waals surface area contributed by atoms with Crippen molar-refractivity contribution in [1.82, 2.24) is 15.5 Å². The molecular weight excluding hydrogens is 278 g/mol. The maximum absolute atomic E-state index is 11.5. The number of nitrogens with one attached hydrogen (secondary N) is 1. The Labute approximate surface area is 120 Å². The zero-order chi connectivity index (χ0) is 14.8. The van der Waals surface area contributed by atoms with Crippen molar-refractivity contribution < 1.29 is 12.9 Å². The first-order valence-electron chi connectivity index (χ1n) is 7.24. The van der Waals surface area contributed by atoms with Crippen molar-refractivity contribution in [1.29, 1.82) is 0 Å². The summed E-state index contributed by atoms with van der Waals surface area (Å²) in [5.41, 5.74) is 0. The molecule has 0 amide bonds. The highest BCUT2D eigenvalue weighted by atomic mass is 32.2. The number of hydrogen-bond acceptors (Lipinski definition) is 6. The third-order valence-corrected chi connectivity index (χ3v) is 5.71. The average molecular weight is 301 g/mol. The van der Waals surface area contributed by atoms with E-state index in [2.05, 4.69) is 36.2 Å². The van der Waals surface area contributed by atoms with E-state index in [1.165, 1.54) is 0 Å². The minimum absolute atomic E-state index is 0.107. The topological polar surface area (TPSA) is 85.1 Å². The van der Waals surface area contributed by atoms with Gasteiger partial charge in [0.1, 0.15) is 0 Å². The first-order chi connectivity index (χ1) is 9.46. The number of likely N-dealkylation sites (N-methyl/N-ethyl adjacent to an activating group) is 1. The van der Waals surface area contributed by atoms with Crippen LogP contribution >= 0.6 is 0 Å². The Bertz CT molecular complexity index is 541. The van der Waals surface area contributed by atoms with Crippen LogP contribution in [0.5, 0.6) is 0 Å². The third kappa shape index (κ3) is 3.38. The lowest BCUT2D eigenvalue weighted by atomic mass is 9.98. The fraction of sp³-hybridized carbons (Fsp3) is 0.846. The molecule has 3 unspecified atom stereocenters. The van der Waals surface area contributed by atoms with Crippen LogP contribution in [-0.4, -0.2) is 42.7 Å². The van der Waals surface area contributed by atoms with E-state index in [0.717, 1.165) is 13.0 Å². The number of hydrogen-bond donors (Lipinski definition) is 1. The molecule has 7 heteroatoms. The lowest BCUT2D eigenvalue weighted by molar-refractivity contribution is 0.315. The molecule has 3 atom stereocenters. The molecule has 0 radical (unpaired) electrons. The van der Waals surface area contributed by atoms with Crippen molar-refractivity contribution in [3.05, 3.63) is 11.7 Å². The molecule has 2 heterocycles. The summed E-state index contributed by atoms with van der Waals surface area (Å²) < 4.78 is 28.4. The molecule has 1 N–H and O–H groups in total. The van der Waals surface area contributed by atoms with E-state index in [4.69, 9.17) is 4.52 Å². The molecule has 2 rings (SSSR count). The van der Waals surface area contributed by atoms with Gasteiger partial charge in [-0.2, -0.15) is 4.98 Å². The molecule has 6 nitrogen and oxygen atoms in total. The first-order valence-corrected chi connectivity index (χ1v) is 9.06. The van der Waals surface area contributed by atoms with E-state index in [1.54, 1.807) is 0 Å². The summed E-state index contributed by atoms with van der Waals surface area (Å²) in [5, 5.41) is 7.36. The van der Waals surface area contributed by atoms with Crippen molar-refractivity contribution in [2.45, 2.75) is 51.5 Å². The zero-order valence-electron chi connectivity index (χ0n) is 12.3. The fourth-order valence-electron chi connectivity index (χ4n) is 2.77. The number of sulfone groups is 1. The summed E-state index contributed by atoms with van der Waals surface area (Å²) in [7, 11) is -2.92. The van der Waals surface area contributed by atoms with Crippen molar-refractivity contribution in [2.75, 3.05) is 18.1 Å². The van der Waals surface area contributed by atoms with E-state index in [-0.39, 0.29) is 29.4 Å². The second kappa shape index (κ2) is 6.22. The smallest absolute Gasteiger partial charge is 0.231 e. The SMILES string of the molecule is CCNC(C)C(CC)c1nc(C2CCS(=O)(=O)C2)no1. The minimum Gasteiger partial charge on any atom is -0.339 e. The molecule has 1 aliphatic heterocycles. The zero-order valence-corrected chi connectivity index (χ0v) is 13.1. The molecule has 1 saturated heterocycles. The van der Waals surface area contributed by atoms with Crippen molar-refractivity contribution >= 4 is 9.84 Å². The maximum atomic E-state index is 11.5. The van der Waals surface area contributed by atoms with Gasteiger partial charge < -0.3 is 9.84 Å². The molecule has 0 saturated carbocycles. The fourth-order valence-corrected chi connectivity index (χ4v) is 4.51. The van der Waals surface area contributed by atoms with Crippen molar-refractivity contribution in [3.63, 3.8) is 0 Å². The van der Waals surface area contributed by atoms with Gasteiger partial charge in [-0.25, -0.2) is 8.42 Å². The highest BCUT2D eigenvalue weighted by Gasteiger charge is 2.33. The highest BCUT2D eigenvalue weighted by molar-refractivity contribution is 7.91. The first kappa shape index (κ1) is 15.4. The monoisotopic (exact) mass is 301 g/mol. The van der Waals surface area contributed by atoms with Gasteiger partial charge in [0.15, 0.2) is 15.7 Å². The lowest BCUT2D eigenvalue weighted by Crippen LogP contribution is -2.31. The summed E-state index contributed by atoms with van der Waals surface area (Å²) in [4.78, 5) is 4.45. The largest absolute Gasteiger partial charge is 0.339 e. The summed E-state index contributed by atoms with van der Waals surface area (Å²) in [5.74, 6) is 1.58. The predicted molar refractivity (Wildman–Crippen MR) is 76.5 cm³/mol. The van der Waals surface area contributed by atoms with E-state index in [1.807, 2.05) is 0 Å². The number of rotatable bonds is 6. The summed E-state index contributed by atoms with van der Waals surface area (Å²) in [6.07, 6.45) is 1.50. The molecule has 1 aromatic rings. The molecule has 0 aromatic carbocycles.